The summed E-state index contributed by atoms with van der Waals surface area (Å²) in [7, 11) is 2.06. The van der Waals surface area contributed by atoms with E-state index in [4.69, 9.17) is 4.42 Å². The number of aromatic nitrogens is 2. The van der Waals surface area contributed by atoms with Crippen molar-refractivity contribution in [3.63, 3.8) is 0 Å². The second-order valence-corrected chi connectivity index (χ2v) is 6.97. The number of quaternary nitrogens is 1. The van der Waals surface area contributed by atoms with Gasteiger partial charge in [0.2, 0.25) is 5.91 Å². The standard InChI is InChI=1S/C16H17F3N4O2S/c1-22-4-6-23(7-5-22)14(24)10-26-15-20-11(12-3-2-8-25-12)9-13(21-15)16(17,18)19/h2-3,8-9H,4-7,10H2,1H3/p+1. The first-order chi connectivity index (χ1) is 12.3. The Kier molecular flexibility index (Phi) is 5.52. The van der Waals surface area contributed by atoms with Crippen LogP contribution in [0, 0.1) is 0 Å². The number of hydrogen-bond donors (Lipinski definition) is 1. The fourth-order valence-corrected chi connectivity index (χ4v) is 3.30. The van der Waals surface area contributed by atoms with E-state index in [1.807, 2.05) is 0 Å². The molecule has 26 heavy (non-hydrogen) atoms. The summed E-state index contributed by atoms with van der Waals surface area (Å²) in [5, 5.41) is -0.0978. The first-order valence-corrected chi connectivity index (χ1v) is 9.03. The van der Waals surface area contributed by atoms with E-state index in [1.54, 1.807) is 11.0 Å². The summed E-state index contributed by atoms with van der Waals surface area (Å²) in [6, 6.07) is 3.93. The van der Waals surface area contributed by atoms with E-state index in [0.29, 0.717) is 13.1 Å². The molecule has 1 fully saturated rings. The summed E-state index contributed by atoms with van der Waals surface area (Å²) >= 11 is 0.903. The lowest BCUT2D eigenvalue weighted by Crippen LogP contribution is -3.12. The molecule has 0 radical (unpaired) electrons. The predicted octanol–water partition coefficient (Wildman–Crippen LogP) is 1.20. The molecular weight excluding hydrogens is 369 g/mol. The van der Waals surface area contributed by atoms with Crippen molar-refractivity contribution in [1.82, 2.24) is 14.9 Å². The zero-order valence-corrected chi connectivity index (χ0v) is 14.9. The number of nitrogens with zero attached hydrogens (tertiary/aromatic N) is 3. The van der Waals surface area contributed by atoms with Gasteiger partial charge in [0.05, 0.1) is 45.2 Å². The van der Waals surface area contributed by atoms with E-state index in [2.05, 4.69) is 17.0 Å². The Hall–Kier alpha value is -2.07. The smallest absolute Gasteiger partial charge is 0.433 e. The summed E-state index contributed by atoms with van der Waals surface area (Å²) in [6.45, 7) is 3.01. The lowest BCUT2D eigenvalue weighted by Gasteiger charge is -2.29. The highest BCUT2D eigenvalue weighted by molar-refractivity contribution is 7.99. The number of furan rings is 1. The highest BCUT2D eigenvalue weighted by Crippen LogP contribution is 2.32. The molecule has 3 rings (SSSR count). The van der Waals surface area contributed by atoms with Crippen LogP contribution in [-0.4, -0.2) is 59.8 Å². The van der Waals surface area contributed by atoms with Gasteiger partial charge in [-0.3, -0.25) is 4.79 Å². The van der Waals surface area contributed by atoms with Gasteiger partial charge in [0, 0.05) is 0 Å². The number of nitrogens with one attached hydrogen (secondary N) is 1. The Morgan fingerprint density at radius 1 is 1.35 bits per heavy atom. The lowest BCUT2D eigenvalue weighted by atomic mass is 10.2. The number of amides is 1. The molecule has 10 heteroatoms. The van der Waals surface area contributed by atoms with E-state index in [1.165, 1.54) is 17.2 Å². The fourth-order valence-electron chi connectivity index (χ4n) is 2.54. The quantitative estimate of drug-likeness (QED) is 0.631. The number of hydrogen-bond acceptors (Lipinski definition) is 5. The minimum absolute atomic E-state index is 0.00203. The van der Waals surface area contributed by atoms with E-state index >= 15 is 0 Å². The van der Waals surface area contributed by atoms with Gasteiger partial charge < -0.3 is 14.2 Å². The monoisotopic (exact) mass is 387 g/mol. The van der Waals surface area contributed by atoms with Gasteiger partial charge in [-0.05, 0) is 18.2 Å². The molecule has 1 aliphatic rings. The van der Waals surface area contributed by atoms with Crippen LogP contribution in [0.3, 0.4) is 0 Å². The molecule has 3 heterocycles. The molecule has 6 nitrogen and oxygen atoms in total. The Morgan fingerprint density at radius 2 is 2.08 bits per heavy atom. The molecule has 0 bridgehead atoms. The van der Waals surface area contributed by atoms with Crippen molar-refractivity contribution >= 4 is 17.7 Å². The van der Waals surface area contributed by atoms with Crippen LogP contribution in [-0.2, 0) is 11.0 Å². The maximum Gasteiger partial charge on any atom is 0.433 e. The van der Waals surface area contributed by atoms with Crippen molar-refractivity contribution in [2.24, 2.45) is 0 Å². The zero-order chi connectivity index (χ0) is 18.7. The number of carbonyl (C=O) groups is 1. The molecule has 1 aliphatic heterocycles. The van der Waals surface area contributed by atoms with E-state index in [-0.39, 0.29) is 28.3 Å². The molecule has 0 atom stereocenters. The average Bonchev–Trinajstić information content (AvgIpc) is 3.14. The first kappa shape index (κ1) is 18.7. The van der Waals surface area contributed by atoms with Crippen LogP contribution in [0.1, 0.15) is 5.69 Å². The van der Waals surface area contributed by atoms with Gasteiger partial charge in [-0.25, -0.2) is 9.97 Å². The van der Waals surface area contributed by atoms with Crippen molar-refractivity contribution < 1.29 is 27.3 Å². The van der Waals surface area contributed by atoms with Gasteiger partial charge in [-0.15, -0.1) is 0 Å². The molecule has 140 valence electrons. The maximum atomic E-state index is 13.1. The minimum atomic E-state index is -4.61. The molecule has 1 amide bonds. The van der Waals surface area contributed by atoms with Crippen LogP contribution in [0.15, 0.2) is 34.0 Å². The van der Waals surface area contributed by atoms with Crippen LogP contribution in [0.5, 0.6) is 0 Å². The third kappa shape index (κ3) is 4.55. The van der Waals surface area contributed by atoms with Crippen LogP contribution in [0.4, 0.5) is 13.2 Å². The molecule has 0 spiro atoms. The summed E-state index contributed by atoms with van der Waals surface area (Å²) in [5.41, 5.74) is -1.02. The zero-order valence-electron chi connectivity index (χ0n) is 14.0. The van der Waals surface area contributed by atoms with E-state index in [0.717, 1.165) is 30.9 Å². The molecular formula is C16H18F3N4O2S+. The normalized spacial score (nSPS) is 16.1. The Balaban J connectivity index is 1.74. The van der Waals surface area contributed by atoms with Crippen molar-refractivity contribution in [3.8, 4) is 11.5 Å². The Labute approximate surface area is 152 Å². The lowest BCUT2D eigenvalue weighted by molar-refractivity contribution is -0.883. The van der Waals surface area contributed by atoms with Crippen LogP contribution in [0.2, 0.25) is 0 Å². The Bertz CT molecular complexity index is 759. The number of piperazine rings is 1. The third-order valence-corrected chi connectivity index (χ3v) is 4.90. The third-order valence-electron chi connectivity index (χ3n) is 4.06. The van der Waals surface area contributed by atoms with Gasteiger partial charge in [-0.1, -0.05) is 11.8 Å². The summed E-state index contributed by atoms with van der Waals surface area (Å²) in [6.07, 6.45) is -3.25. The van der Waals surface area contributed by atoms with Gasteiger partial charge >= 0.3 is 6.18 Å². The van der Waals surface area contributed by atoms with Crippen molar-refractivity contribution in [3.05, 3.63) is 30.2 Å². The Morgan fingerprint density at radius 3 is 2.69 bits per heavy atom. The van der Waals surface area contributed by atoms with Gasteiger partial charge in [0.1, 0.15) is 11.4 Å². The first-order valence-electron chi connectivity index (χ1n) is 8.05. The highest BCUT2D eigenvalue weighted by Gasteiger charge is 2.34. The largest absolute Gasteiger partial charge is 0.463 e. The summed E-state index contributed by atoms with van der Waals surface area (Å²) in [5.74, 6) is 0.0917. The molecule has 0 saturated carbocycles. The molecule has 0 unspecified atom stereocenters. The number of carbonyl (C=O) groups excluding carboxylic acids is 1. The molecule has 0 aromatic carbocycles. The number of thioether (sulfide) groups is 1. The highest BCUT2D eigenvalue weighted by atomic mass is 32.2. The average molecular weight is 387 g/mol. The van der Waals surface area contributed by atoms with E-state index < -0.39 is 11.9 Å². The van der Waals surface area contributed by atoms with Crippen molar-refractivity contribution in [2.45, 2.75) is 11.3 Å². The van der Waals surface area contributed by atoms with Crippen molar-refractivity contribution in [2.75, 3.05) is 39.0 Å². The van der Waals surface area contributed by atoms with Gasteiger partial charge in [0.25, 0.3) is 0 Å². The molecule has 2 aromatic rings. The topological polar surface area (TPSA) is 63.7 Å². The number of alkyl halides is 3. The summed E-state index contributed by atoms with van der Waals surface area (Å²) < 4.78 is 44.5. The SMILES string of the molecule is C[NH+]1CCN(C(=O)CSc2nc(-c3ccco3)cc(C(F)(F)F)n2)CC1. The molecule has 1 N–H and O–H groups in total. The molecule has 2 aromatic heterocycles. The molecule has 0 aliphatic carbocycles. The van der Waals surface area contributed by atoms with Gasteiger partial charge in [0.15, 0.2) is 10.9 Å². The second-order valence-electron chi connectivity index (χ2n) is 6.02. The fraction of sp³-hybridized carbons (Fsp3) is 0.438. The van der Waals surface area contributed by atoms with Gasteiger partial charge in [-0.2, -0.15) is 13.2 Å². The second kappa shape index (κ2) is 7.67. The molecule has 1 saturated heterocycles. The maximum absolute atomic E-state index is 13.1. The van der Waals surface area contributed by atoms with Crippen LogP contribution >= 0.6 is 11.8 Å². The number of rotatable bonds is 4. The van der Waals surface area contributed by atoms with Crippen LogP contribution in [0.25, 0.3) is 11.5 Å². The summed E-state index contributed by atoms with van der Waals surface area (Å²) in [4.78, 5) is 23.0. The van der Waals surface area contributed by atoms with Crippen LogP contribution < -0.4 is 4.90 Å². The van der Waals surface area contributed by atoms with E-state index in [9.17, 15) is 18.0 Å². The number of likely N-dealkylation sites (N-methyl/N-ethyl adjacent to an activating group) is 1. The number of halogens is 3. The minimum Gasteiger partial charge on any atom is -0.463 e. The van der Waals surface area contributed by atoms with Crippen molar-refractivity contribution in [1.29, 1.82) is 0 Å². The predicted molar refractivity (Wildman–Crippen MR) is 88.7 cm³/mol.